The largest absolute Gasteiger partial charge is 0.396 e. The van der Waals surface area contributed by atoms with Gasteiger partial charge < -0.3 is 9.84 Å². The Bertz CT molecular complexity index is 259. The highest BCUT2D eigenvalue weighted by molar-refractivity contribution is 5.18. The molecule has 0 aromatic rings. The molecule has 1 aliphatic carbocycles. The van der Waals surface area contributed by atoms with Gasteiger partial charge in [0.15, 0.2) is 0 Å². The van der Waals surface area contributed by atoms with Crippen molar-refractivity contribution in [2.45, 2.75) is 20.8 Å². The molecule has 1 fully saturated rings. The molecule has 1 saturated heterocycles. The minimum Gasteiger partial charge on any atom is -0.396 e. The summed E-state index contributed by atoms with van der Waals surface area (Å²) in [4.78, 5) is 0. The molecule has 80 valence electrons. The van der Waals surface area contributed by atoms with E-state index in [1.807, 2.05) is 0 Å². The van der Waals surface area contributed by atoms with Crippen molar-refractivity contribution in [1.82, 2.24) is 0 Å². The SMILES string of the molecule is CC1=C[C@@H](C)[C@@]2(CO)COC[C@H]1[C@H]2C. The molecule has 1 heterocycles. The van der Waals surface area contributed by atoms with E-state index in [1.54, 1.807) is 0 Å². The molecule has 0 saturated carbocycles. The molecule has 0 radical (unpaired) electrons. The molecule has 2 heteroatoms. The van der Waals surface area contributed by atoms with Gasteiger partial charge in [-0.2, -0.15) is 0 Å². The zero-order chi connectivity index (χ0) is 10.3. The number of aliphatic hydroxyl groups excluding tert-OH is 1. The molecule has 0 amide bonds. The van der Waals surface area contributed by atoms with E-state index in [1.165, 1.54) is 5.57 Å². The summed E-state index contributed by atoms with van der Waals surface area (Å²) in [5.74, 6) is 1.49. The van der Waals surface area contributed by atoms with Gasteiger partial charge in [-0.05, 0) is 18.8 Å². The fourth-order valence-corrected chi connectivity index (χ4v) is 3.14. The molecular formula is C12H20O2. The summed E-state index contributed by atoms with van der Waals surface area (Å²) < 4.78 is 5.64. The molecule has 1 N–H and O–H groups in total. The van der Waals surface area contributed by atoms with Crippen LogP contribution in [0.1, 0.15) is 20.8 Å². The smallest absolute Gasteiger partial charge is 0.0553 e. The average molecular weight is 196 g/mol. The molecule has 0 aromatic carbocycles. The van der Waals surface area contributed by atoms with Crippen LogP contribution < -0.4 is 0 Å². The van der Waals surface area contributed by atoms with Gasteiger partial charge in [0.25, 0.3) is 0 Å². The lowest BCUT2D eigenvalue weighted by Gasteiger charge is -2.52. The molecule has 14 heavy (non-hydrogen) atoms. The maximum atomic E-state index is 9.61. The summed E-state index contributed by atoms with van der Waals surface area (Å²) in [7, 11) is 0. The van der Waals surface area contributed by atoms with Crippen LogP contribution in [-0.4, -0.2) is 24.9 Å². The summed E-state index contributed by atoms with van der Waals surface area (Å²) in [6, 6.07) is 0. The number of hydrogen-bond acceptors (Lipinski definition) is 2. The molecule has 0 spiro atoms. The Morgan fingerprint density at radius 2 is 2.29 bits per heavy atom. The maximum absolute atomic E-state index is 9.61. The Balaban J connectivity index is 2.40. The second-order valence-electron chi connectivity index (χ2n) is 5.00. The fraction of sp³-hybridized carbons (Fsp3) is 0.833. The van der Waals surface area contributed by atoms with Crippen LogP contribution in [-0.2, 0) is 4.74 Å². The van der Waals surface area contributed by atoms with E-state index in [9.17, 15) is 5.11 Å². The molecule has 2 bridgehead atoms. The predicted molar refractivity (Wildman–Crippen MR) is 55.9 cm³/mol. The van der Waals surface area contributed by atoms with Crippen molar-refractivity contribution in [2.75, 3.05) is 19.8 Å². The zero-order valence-electron chi connectivity index (χ0n) is 9.29. The molecule has 0 aromatic heterocycles. The Morgan fingerprint density at radius 1 is 1.57 bits per heavy atom. The van der Waals surface area contributed by atoms with E-state index in [0.29, 0.717) is 24.4 Å². The third-order valence-electron chi connectivity index (χ3n) is 4.48. The van der Waals surface area contributed by atoms with Gasteiger partial charge >= 0.3 is 0 Å². The first kappa shape index (κ1) is 10.2. The first-order valence-electron chi connectivity index (χ1n) is 5.49. The highest BCUT2D eigenvalue weighted by Crippen LogP contribution is 2.49. The summed E-state index contributed by atoms with van der Waals surface area (Å²) in [5.41, 5.74) is 1.41. The Kier molecular flexibility index (Phi) is 2.44. The fourth-order valence-electron chi connectivity index (χ4n) is 3.14. The standard InChI is InChI=1S/C12H20O2/c1-8-4-9(2)12(6-13)7-14-5-11(8)10(12)3/h4,9-11,13H,5-7H2,1-3H3/t9-,10-,11-,12-/m1/s1. The van der Waals surface area contributed by atoms with Gasteiger partial charge in [0.05, 0.1) is 19.8 Å². The second-order valence-corrected chi connectivity index (χ2v) is 5.00. The van der Waals surface area contributed by atoms with E-state index in [4.69, 9.17) is 4.74 Å². The molecule has 2 aliphatic rings. The van der Waals surface area contributed by atoms with E-state index in [-0.39, 0.29) is 12.0 Å². The number of allylic oxidation sites excluding steroid dienone is 1. The van der Waals surface area contributed by atoms with Gasteiger partial charge in [-0.25, -0.2) is 0 Å². The monoisotopic (exact) mass is 196 g/mol. The second kappa shape index (κ2) is 3.35. The van der Waals surface area contributed by atoms with Gasteiger partial charge in [0, 0.05) is 11.3 Å². The van der Waals surface area contributed by atoms with Crippen molar-refractivity contribution in [2.24, 2.45) is 23.2 Å². The number of ether oxygens (including phenoxy) is 1. The van der Waals surface area contributed by atoms with Gasteiger partial charge in [0.2, 0.25) is 0 Å². The van der Waals surface area contributed by atoms with Crippen LogP contribution in [0.3, 0.4) is 0 Å². The minimum absolute atomic E-state index is 0.0254. The van der Waals surface area contributed by atoms with Crippen LogP contribution in [0.25, 0.3) is 0 Å². The van der Waals surface area contributed by atoms with Crippen LogP contribution in [0.4, 0.5) is 0 Å². The number of fused-ring (bicyclic) bond motifs is 2. The van der Waals surface area contributed by atoms with E-state index >= 15 is 0 Å². The zero-order valence-corrected chi connectivity index (χ0v) is 9.29. The average Bonchev–Trinajstić information content (AvgIpc) is 2.15. The van der Waals surface area contributed by atoms with Crippen molar-refractivity contribution < 1.29 is 9.84 Å². The van der Waals surface area contributed by atoms with Crippen molar-refractivity contribution in [3.8, 4) is 0 Å². The normalized spacial score (nSPS) is 47.4. The van der Waals surface area contributed by atoms with Crippen LogP contribution in [0, 0.1) is 23.2 Å². The van der Waals surface area contributed by atoms with Gasteiger partial charge in [-0.1, -0.05) is 25.5 Å². The quantitative estimate of drug-likeness (QED) is 0.648. The number of aliphatic hydroxyl groups is 1. The van der Waals surface area contributed by atoms with Crippen LogP contribution in [0.2, 0.25) is 0 Å². The highest BCUT2D eigenvalue weighted by atomic mass is 16.5. The third kappa shape index (κ3) is 1.17. The van der Waals surface area contributed by atoms with Crippen LogP contribution in [0.5, 0.6) is 0 Å². The maximum Gasteiger partial charge on any atom is 0.0553 e. The molecule has 0 unspecified atom stereocenters. The lowest BCUT2D eigenvalue weighted by molar-refractivity contribution is -0.124. The van der Waals surface area contributed by atoms with E-state index in [2.05, 4.69) is 26.8 Å². The topological polar surface area (TPSA) is 29.5 Å². The minimum atomic E-state index is -0.0254. The third-order valence-corrected chi connectivity index (χ3v) is 4.48. The lowest BCUT2D eigenvalue weighted by Crippen LogP contribution is -2.53. The molecular weight excluding hydrogens is 176 g/mol. The summed E-state index contributed by atoms with van der Waals surface area (Å²) in [6.45, 7) is 8.44. The number of rotatable bonds is 1. The van der Waals surface area contributed by atoms with Crippen molar-refractivity contribution in [1.29, 1.82) is 0 Å². The highest BCUT2D eigenvalue weighted by Gasteiger charge is 2.49. The van der Waals surface area contributed by atoms with E-state index < -0.39 is 0 Å². The van der Waals surface area contributed by atoms with E-state index in [0.717, 1.165) is 6.61 Å². The van der Waals surface area contributed by atoms with Gasteiger partial charge in [-0.15, -0.1) is 0 Å². The predicted octanol–water partition coefficient (Wildman–Crippen LogP) is 1.84. The Morgan fingerprint density at radius 3 is 2.93 bits per heavy atom. The number of hydrogen-bond donors (Lipinski definition) is 1. The summed E-state index contributed by atoms with van der Waals surface area (Å²) in [6.07, 6.45) is 2.32. The van der Waals surface area contributed by atoms with Crippen LogP contribution >= 0.6 is 0 Å². The first-order chi connectivity index (χ1) is 6.62. The molecule has 1 aliphatic heterocycles. The molecule has 2 rings (SSSR count). The molecule has 4 atom stereocenters. The first-order valence-corrected chi connectivity index (χ1v) is 5.49. The summed E-state index contributed by atoms with van der Waals surface area (Å²) in [5, 5.41) is 9.61. The summed E-state index contributed by atoms with van der Waals surface area (Å²) >= 11 is 0. The van der Waals surface area contributed by atoms with Crippen molar-refractivity contribution in [3.05, 3.63) is 11.6 Å². The molecule has 2 nitrogen and oxygen atoms in total. The van der Waals surface area contributed by atoms with Gasteiger partial charge in [0.1, 0.15) is 0 Å². The van der Waals surface area contributed by atoms with Gasteiger partial charge in [-0.3, -0.25) is 0 Å². The van der Waals surface area contributed by atoms with Crippen molar-refractivity contribution in [3.63, 3.8) is 0 Å². The Labute approximate surface area is 86.0 Å². The van der Waals surface area contributed by atoms with Crippen molar-refractivity contribution >= 4 is 0 Å². The Hall–Kier alpha value is -0.340. The van der Waals surface area contributed by atoms with Crippen LogP contribution in [0.15, 0.2) is 11.6 Å². The lowest BCUT2D eigenvalue weighted by atomic mass is 9.58.